The summed E-state index contributed by atoms with van der Waals surface area (Å²) in [4.78, 5) is 44.0. The zero-order chi connectivity index (χ0) is 20.9. The van der Waals surface area contributed by atoms with Gasteiger partial charge in [0.25, 0.3) is 5.56 Å². The third-order valence-corrected chi connectivity index (χ3v) is 5.21. The molecule has 4 rings (SSSR count). The van der Waals surface area contributed by atoms with Crippen LogP contribution >= 0.6 is 0 Å². The number of nitrogens with zero attached hydrogens (tertiary/aromatic N) is 5. The van der Waals surface area contributed by atoms with Crippen LogP contribution in [-0.4, -0.2) is 38.1 Å². The zero-order valence-corrected chi connectivity index (χ0v) is 16.9. The molecule has 0 amide bonds. The quantitative estimate of drug-likeness (QED) is 0.659. The molecule has 0 radical (unpaired) electrons. The summed E-state index contributed by atoms with van der Waals surface area (Å²) in [6, 6.07) is 7.62. The Balaban J connectivity index is 1.96. The molecule has 1 atom stereocenters. The van der Waals surface area contributed by atoms with Crippen LogP contribution in [0.4, 0.5) is 11.6 Å². The molecular weight excluding hydrogens is 374 g/mol. The van der Waals surface area contributed by atoms with Crippen molar-refractivity contribution in [1.82, 2.24) is 18.7 Å². The highest BCUT2D eigenvalue weighted by molar-refractivity contribution is 5.78. The fourth-order valence-corrected chi connectivity index (χ4v) is 3.85. The van der Waals surface area contributed by atoms with E-state index >= 15 is 0 Å². The van der Waals surface area contributed by atoms with E-state index in [4.69, 9.17) is 4.74 Å². The van der Waals surface area contributed by atoms with Crippen molar-refractivity contribution < 1.29 is 9.53 Å². The molecule has 2 aromatic heterocycles. The number of rotatable bonds is 4. The summed E-state index contributed by atoms with van der Waals surface area (Å²) in [6.45, 7) is 4.54. The highest BCUT2D eigenvalue weighted by Crippen LogP contribution is 2.33. The number of hydrogen-bond acceptors (Lipinski definition) is 6. The summed E-state index contributed by atoms with van der Waals surface area (Å²) in [6.07, 6.45) is 0. The van der Waals surface area contributed by atoms with Gasteiger partial charge in [0.2, 0.25) is 5.95 Å². The molecule has 0 saturated carbocycles. The van der Waals surface area contributed by atoms with Crippen molar-refractivity contribution in [2.75, 3.05) is 18.6 Å². The van der Waals surface area contributed by atoms with Crippen LogP contribution in [0.3, 0.4) is 0 Å². The van der Waals surface area contributed by atoms with Gasteiger partial charge in [-0.1, -0.05) is 6.92 Å². The van der Waals surface area contributed by atoms with Crippen molar-refractivity contribution >= 4 is 28.6 Å². The first-order valence-electron chi connectivity index (χ1n) is 9.43. The van der Waals surface area contributed by atoms with Crippen molar-refractivity contribution in [3.8, 4) is 5.75 Å². The van der Waals surface area contributed by atoms with Crippen LogP contribution in [0.15, 0.2) is 33.9 Å². The number of aromatic nitrogens is 4. The number of hydrogen-bond donors (Lipinski definition) is 0. The molecule has 1 aromatic carbocycles. The topological polar surface area (TPSA) is 91.4 Å². The van der Waals surface area contributed by atoms with Crippen LogP contribution in [-0.2, 0) is 24.9 Å². The van der Waals surface area contributed by atoms with Gasteiger partial charge >= 0.3 is 5.69 Å². The highest BCUT2D eigenvalue weighted by atomic mass is 16.5. The van der Waals surface area contributed by atoms with E-state index in [2.05, 4.69) is 11.9 Å². The Morgan fingerprint density at radius 1 is 1.21 bits per heavy atom. The number of methoxy groups -OCH3 is 1. The van der Waals surface area contributed by atoms with Crippen molar-refractivity contribution in [3.05, 3.63) is 45.1 Å². The molecule has 3 heterocycles. The second kappa shape index (κ2) is 6.91. The molecule has 0 fully saturated rings. The predicted molar refractivity (Wildman–Crippen MR) is 109 cm³/mol. The van der Waals surface area contributed by atoms with Gasteiger partial charge in [-0.3, -0.25) is 18.7 Å². The second-order valence-electron chi connectivity index (χ2n) is 7.54. The molecule has 0 N–H and O–H groups in total. The van der Waals surface area contributed by atoms with Crippen LogP contribution in [0.25, 0.3) is 11.2 Å². The maximum absolute atomic E-state index is 13.1. The van der Waals surface area contributed by atoms with Crippen LogP contribution in [0, 0.1) is 5.92 Å². The van der Waals surface area contributed by atoms with E-state index in [1.165, 1.54) is 11.5 Å². The van der Waals surface area contributed by atoms with E-state index < -0.39 is 11.2 Å². The maximum Gasteiger partial charge on any atom is 0.332 e. The van der Waals surface area contributed by atoms with Crippen LogP contribution in [0.2, 0.25) is 0 Å². The summed E-state index contributed by atoms with van der Waals surface area (Å²) in [5, 5.41) is 0. The number of ketones is 1. The number of benzene rings is 1. The second-order valence-corrected chi connectivity index (χ2v) is 7.54. The summed E-state index contributed by atoms with van der Waals surface area (Å²) in [5.41, 5.74) is 0.553. The van der Waals surface area contributed by atoms with E-state index in [0.717, 1.165) is 22.5 Å². The van der Waals surface area contributed by atoms with Gasteiger partial charge < -0.3 is 14.2 Å². The number of carbonyl (C=O) groups excluding carboxylic acids is 1. The molecule has 29 heavy (non-hydrogen) atoms. The Kier molecular flexibility index (Phi) is 4.52. The van der Waals surface area contributed by atoms with Crippen LogP contribution in [0.5, 0.6) is 5.75 Å². The third-order valence-electron chi connectivity index (χ3n) is 5.21. The Hall–Kier alpha value is -3.36. The number of aryl methyl sites for hydroxylation is 1. The number of Topliss-reactive ketones (excluding diaryl/α,β-unsaturated/α-hetero) is 1. The number of anilines is 2. The number of imidazole rings is 1. The van der Waals surface area contributed by atoms with Gasteiger partial charge in [-0.2, -0.15) is 4.98 Å². The standard InChI is InChI=1S/C20H23N5O4/c1-12-9-23(14-5-7-15(29-4)8-6-14)19-21-17-16(24(19)10-12)18(27)25(11-13(2)26)20(28)22(17)3/h5-8,12H,9-11H2,1-4H3/t12-/m1/s1. The Labute approximate surface area is 166 Å². The predicted octanol–water partition coefficient (Wildman–Crippen LogP) is 1.28. The molecule has 1 aliphatic heterocycles. The third kappa shape index (κ3) is 3.02. The van der Waals surface area contributed by atoms with Gasteiger partial charge in [0.05, 0.1) is 13.7 Å². The van der Waals surface area contributed by atoms with E-state index in [1.54, 1.807) is 14.2 Å². The molecule has 0 unspecified atom stereocenters. The molecule has 0 spiro atoms. The lowest BCUT2D eigenvalue weighted by atomic mass is 10.1. The van der Waals surface area contributed by atoms with E-state index in [1.807, 2.05) is 33.7 Å². The van der Waals surface area contributed by atoms with Crippen molar-refractivity contribution in [3.63, 3.8) is 0 Å². The van der Waals surface area contributed by atoms with Crippen LogP contribution in [0.1, 0.15) is 13.8 Å². The first-order chi connectivity index (χ1) is 13.8. The summed E-state index contributed by atoms with van der Waals surface area (Å²) < 4.78 is 9.41. The first kappa shape index (κ1) is 19.0. The monoisotopic (exact) mass is 397 g/mol. The normalized spacial score (nSPS) is 16.1. The van der Waals surface area contributed by atoms with Crippen molar-refractivity contribution in [1.29, 1.82) is 0 Å². The van der Waals surface area contributed by atoms with Gasteiger partial charge in [-0.05, 0) is 37.1 Å². The Morgan fingerprint density at radius 3 is 2.52 bits per heavy atom. The minimum atomic E-state index is -0.544. The van der Waals surface area contributed by atoms with Gasteiger partial charge in [-0.15, -0.1) is 0 Å². The minimum Gasteiger partial charge on any atom is -0.497 e. The van der Waals surface area contributed by atoms with Gasteiger partial charge in [0.15, 0.2) is 11.2 Å². The molecule has 9 heteroatoms. The number of carbonyl (C=O) groups is 1. The number of ether oxygens (including phenoxy) is 1. The molecular formula is C20H23N5O4. The van der Waals surface area contributed by atoms with Crippen molar-refractivity contribution in [2.45, 2.75) is 26.9 Å². The summed E-state index contributed by atoms with van der Waals surface area (Å²) >= 11 is 0. The molecule has 0 bridgehead atoms. The lowest BCUT2D eigenvalue weighted by molar-refractivity contribution is -0.117. The molecule has 1 aliphatic rings. The molecule has 9 nitrogen and oxygen atoms in total. The zero-order valence-electron chi connectivity index (χ0n) is 16.9. The highest BCUT2D eigenvalue weighted by Gasteiger charge is 2.30. The van der Waals surface area contributed by atoms with E-state index in [0.29, 0.717) is 23.7 Å². The van der Waals surface area contributed by atoms with Gasteiger partial charge in [-0.25, -0.2) is 4.79 Å². The smallest absolute Gasteiger partial charge is 0.332 e. The number of fused-ring (bicyclic) bond motifs is 3. The fraction of sp³-hybridized carbons (Fsp3) is 0.400. The molecule has 152 valence electrons. The van der Waals surface area contributed by atoms with Crippen LogP contribution < -0.4 is 20.9 Å². The average Bonchev–Trinajstić information content (AvgIpc) is 3.08. The average molecular weight is 397 g/mol. The minimum absolute atomic E-state index is 0.250. The molecule has 0 aliphatic carbocycles. The van der Waals surface area contributed by atoms with E-state index in [9.17, 15) is 14.4 Å². The first-order valence-corrected chi connectivity index (χ1v) is 9.43. The van der Waals surface area contributed by atoms with Crippen molar-refractivity contribution in [2.24, 2.45) is 13.0 Å². The van der Waals surface area contributed by atoms with Gasteiger partial charge in [0.1, 0.15) is 11.5 Å². The van der Waals surface area contributed by atoms with E-state index in [-0.39, 0.29) is 18.2 Å². The van der Waals surface area contributed by atoms with Gasteiger partial charge in [0, 0.05) is 25.8 Å². The maximum atomic E-state index is 13.1. The molecule has 3 aromatic rings. The lowest BCUT2D eigenvalue weighted by Crippen LogP contribution is -2.41. The Bertz CT molecular complexity index is 1220. The largest absolute Gasteiger partial charge is 0.497 e. The summed E-state index contributed by atoms with van der Waals surface area (Å²) in [5.74, 6) is 1.35. The molecule has 0 saturated heterocycles. The SMILES string of the molecule is COc1ccc(N2C[C@@H](C)Cn3c2nc2c3c(=O)n(CC(C)=O)c(=O)n2C)cc1. The lowest BCUT2D eigenvalue weighted by Gasteiger charge is -2.33. The Morgan fingerprint density at radius 2 is 1.90 bits per heavy atom. The fourth-order valence-electron chi connectivity index (χ4n) is 3.85. The summed E-state index contributed by atoms with van der Waals surface area (Å²) in [7, 11) is 3.19.